The predicted octanol–water partition coefficient (Wildman–Crippen LogP) is 1.47. The Morgan fingerprint density at radius 2 is 2.11 bits per heavy atom. The lowest BCUT2D eigenvalue weighted by molar-refractivity contribution is -0.124. The van der Waals surface area contributed by atoms with Crippen LogP contribution in [0.4, 0.5) is 0 Å². The van der Waals surface area contributed by atoms with E-state index in [9.17, 15) is 4.79 Å². The minimum atomic E-state index is -0.322. The lowest BCUT2D eigenvalue weighted by Crippen LogP contribution is -2.58. The minimum Gasteiger partial charge on any atom is -0.381 e. The number of allylic oxidation sites excluding steroid dienone is 2. The summed E-state index contributed by atoms with van der Waals surface area (Å²) in [5, 5.41) is 0. The fourth-order valence-electron chi connectivity index (χ4n) is 3.37. The van der Waals surface area contributed by atoms with Crippen LogP contribution in [0.1, 0.15) is 26.7 Å². The highest BCUT2D eigenvalue weighted by Crippen LogP contribution is 2.34. The first-order valence-corrected chi connectivity index (χ1v) is 7.09. The molecule has 1 saturated heterocycles. The van der Waals surface area contributed by atoms with Gasteiger partial charge >= 0.3 is 0 Å². The Morgan fingerprint density at radius 1 is 1.42 bits per heavy atom. The number of nitrogens with two attached hydrogens (primary N) is 1. The second kappa shape index (κ2) is 5.88. The van der Waals surface area contributed by atoms with Crippen molar-refractivity contribution in [2.45, 2.75) is 38.3 Å². The maximum Gasteiger partial charge on any atom is 0.226 e. The van der Waals surface area contributed by atoms with Crippen LogP contribution in [0.5, 0.6) is 0 Å². The zero-order chi connectivity index (χ0) is 13.9. The van der Waals surface area contributed by atoms with Crippen LogP contribution in [-0.2, 0) is 9.53 Å². The molecule has 4 heteroatoms. The highest BCUT2D eigenvalue weighted by Gasteiger charge is 2.42. The van der Waals surface area contributed by atoms with Crippen molar-refractivity contribution < 1.29 is 9.53 Å². The van der Waals surface area contributed by atoms with Gasteiger partial charge in [0.2, 0.25) is 5.91 Å². The topological polar surface area (TPSA) is 55.6 Å². The molecule has 1 aliphatic carbocycles. The lowest BCUT2D eigenvalue weighted by Gasteiger charge is -2.48. The van der Waals surface area contributed by atoms with E-state index in [0.717, 1.165) is 32.6 Å². The molecule has 19 heavy (non-hydrogen) atoms. The third kappa shape index (κ3) is 2.74. The van der Waals surface area contributed by atoms with E-state index in [2.05, 4.69) is 24.8 Å². The van der Waals surface area contributed by atoms with Crippen LogP contribution in [0.25, 0.3) is 0 Å². The quantitative estimate of drug-likeness (QED) is 0.836. The van der Waals surface area contributed by atoms with Crippen molar-refractivity contribution in [1.29, 1.82) is 0 Å². The van der Waals surface area contributed by atoms with Crippen LogP contribution >= 0.6 is 0 Å². The van der Waals surface area contributed by atoms with Crippen molar-refractivity contribution in [2.24, 2.45) is 11.7 Å². The number of rotatable bonds is 4. The first kappa shape index (κ1) is 14.3. The SMILES string of the molecule is CCN(C1CCOCC1)C1(C)C=CC=CC1C(N)=O. The summed E-state index contributed by atoms with van der Waals surface area (Å²) < 4.78 is 5.44. The first-order chi connectivity index (χ1) is 9.09. The number of carbonyl (C=O) groups is 1. The lowest BCUT2D eigenvalue weighted by atomic mass is 9.78. The highest BCUT2D eigenvalue weighted by atomic mass is 16.5. The van der Waals surface area contributed by atoms with Crippen LogP contribution in [0.2, 0.25) is 0 Å². The molecule has 1 heterocycles. The second-order valence-corrected chi connectivity index (χ2v) is 5.48. The molecule has 106 valence electrons. The molecule has 2 unspecified atom stereocenters. The summed E-state index contributed by atoms with van der Waals surface area (Å²) in [6, 6.07) is 0.460. The maximum absolute atomic E-state index is 11.8. The van der Waals surface area contributed by atoms with Crippen LogP contribution in [0, 0.1) is 5.92 Å². The second-order valence-electron chi connectivity index (χ2n) is 5.48. The van der Waals surface area contributed by atoms with Gasteiger partial charge in [-0.05, 0) is 26.3 Å². The van der Waals surface area contributed by atoms with Crippen molar-refractivity contribution in [1.82, 2.24) is 4.90 Å². The number of hydrogen-bond donors (Lipinski definition) is 1. The molecule has 0 aromatic carbocycles. The van der Waals surface area contributed by atoms with Gasteiger partial charge in [0, 0.05) is 19.3 Å². The number of primary amides is 1. The van der Waals surface area contributed by atoms with Gasteiger partial charge in [-0.15, -0.1) is 0 Å². The van der Waals surface area contributed by atoms with Gasteiger partial charge in [-0.25, -0.2) is 0 Å². The molecule has 1 amide bonds. The minimum absolute atomic E-state index is 0.256. The van der Waals surface area contributed by atoms with Crippen molar-refractivity contribution in [3.63, 3.8) is 0 Å². The van der Waals surface area contributed by atoms with Gasteiger partial charge < -0.3 is 10.5 Å². The van der Waals surface area contributed by atoms with E-state index in [0.29, 0.717) is 6.04 Å². The molecule has 0 bridgehead atoms. The molecular formula is C15H24N2O2. The number of ether oxygens (including phenoxy) is 1. The number of nitrogens with zero attached hydrogens (tertiary/aromatic N) is 1. The molecule has 0 aromatic heterocycles. The predicted molar refractivity (Wildman–Crippen MR) is 75.6 cm³/mol. The van der Waals surface area contributed by atoms with Gasteiger partial charge in [-0.3, -0.25) is 9.69 Å². The van der Waals surface area contributed by atoms with Crippen LogP contribution in [0.3, 0.4) is 0 Å². The van der Waals surface area contributed by atoms with Crippen molar-refractivity contribution in [2.75, 3.05) is 19.8 Å². The molecule has 0 radical (unpaired) electrons. The molecule has 2 N–H and O–H groups in total. The third-order valence-corrected chi connectivity index (χ3v) is 4.38. The molecule has 1 aliphatic heterocycles. The molecule has 0 spiro atoms. The Kier molecular flexibility index (Phi) is 4.42. The Labute approximate surface area is 115 Å². The zero-order valence-electron chi connectivity index (χ0n) is 11.8. The van der Waals surface area contributed by atoms with Crippen LogP contribution < -0.4 is 5.73 Å². The molecule has 4 nitrogen and oxygen atoms in total. The Bertz CT molecular complexity index is 386. The third-order valence-electron chi connectivity index (χ3n) is 4.38. The van der Waals surface area contributed by atoms with E-state index in [1.165, 1.54) is 0 Å². The van der Waals surface area contributed by atoms with E-state index in [4.69, 9.17) is 10.5 Å². The number of hydrogen-bond acceptors (Lipinski definition) is 3. The van der Waals surface area contributed by atoms with E-state index in [-0.39, 0.29) is 17.4 Å². The Morgan fingerprint density at radius 3 is 2.68 bits per heavy atom. The largest absolute Gasteiger partial charge is 0.381 e. The van der Waals surface area contributed by atoms with Gasteiger partial charge in [0.05, 0.1) is 11.5 Å². The van der Waals surface area contributed by atoms with Gasteiger partial charge in [-0.2, -0.15) is 0 Å². The zero-order valence-corrected chi connectivity index (χ0v) is 11.8. The van der Waals surface area contributed by atoms with Crippen LogP contribution in [0.15, 0.2) is 24.3 Å². The normalized spacial score (nSPS) is 31.8. The van der Waals surface area contributed by atoms with Gasteiger partial charge in [-0.1, -0.05) is 31.2 Å². The highest BCUT2D eigenvalue weighted by molar-refractivity contribution is 5.81. The van der Waals surface area contributed by atoms with Gasteiger partial charge in [0.1, 0.15) is 0 Å². The Hall–Kier alpha value is -1.13. The number of likely N-dealkylation sites (N-methyl/N-ethyl adjacent to an activating group) is 1. The summed E-state index contributed by atoms with van der Waals surface area (Å²) in [5.74, 6) is -0.520. The molecule has 0 aromatic rings. The van der Waals surface area contributed by atoms with Crippen molar-refractivity contribution in [3.05, 3.63) is 24.3 Å². The maximum atomic E-state index is 11.8. The van der Waals surface area contributed by atoms with Crippen LogP contribution in [-0.4, -0.2) is 42.1 Å². The summed E-state index contributed by atoms with van der Waals surface area (Å²) in [7, 11) is 0. The fourth-order valence-corrected chi connectivity index (χ4v) is 3.37. The van der Waals surface area contributed by atoms with E-state index in [1.54, 1.807) is 0 Å². The number of amides is 1. The molecule has 1 fully saturated rings. The Balaban J connectivity index is 2.25. The summed E-state index contributed by atoms with van der Waals surface area (Å²) in [5.41, 5.74) is 5.27. The van der Waals surface area contributed by atoms with E-state index in [1.807, 2.05) is 18.2 Å². The average Bonchev–Trinajstić information content (AvgIpc) is 2.40. The standard InChI is InChI=1S/C15H24N2O2/c1-3-17(12-7-10-19-11-8-12)15(2)9-5-4-6-13(15)14(16)18/h4-6,9,12-13H,3,7-8,10-11H2,1-2H3,(H2,16,18). The van der Waals surface area contributed by atoms with Crippen molar-refractivity contribution >= 4 is 5.91 Å². The van der Waals surface area contributed by atoms with Gasteiger partial charge in [0.15, 0.2) is 0 Å². The first-order valence-electron chi connectivity index (χ1n) is 7.09. The summed E-state index contributed by atoms with van der Waals surface area (Å²) in [6.45, 7) is 6.77. The number of carbonyl (C=O) groups excluding carboxylic acids is 1. The van der Waals surface area contributed by atoms with E-state index >= 15 is 0 Å². The monoisotopic (exact) mass is 264 g/mol. The molecule has 2 atom stereocenters. The summed E-state index contributed by atoms with van der Waals surface area (Å²) in [6.07, 6.45) is 10.0. The molecule has 2 rings (SSSR count). The smallest absolute Gasteiger partial charge is 0.226 e. The van der Waals surface area contributed by atoms with Gasteiger partial charge in [0.25, 0.3) is 0 Å². The summed E-state index contributed by atoms with van der Waals surface area (Å²) >= 11 is 0. The van der Waals surface area contributed by atoms with E-state index < -0.39 is 0 Å². The molecule has 0 saturated carbocycles. The fraction of sp³-hybridized carbons (Fsp3) is 0.667. The molecular weight excluding hydrogens is 240 g/mol. The average molecular weight is 264 g/mol. The summed E-state index contributed by atoms with van der Waals surface area (Å²) in [4.78, 5) is 14.2. The molecule has 2 aliphatic rings. The van der Waals surface area contributed by atoms with Crippen molar-refractivity contribution in [3.8, 4) is 0 Å².